The fourth-order valence-electron chi connectivity index (χ4n) is 2.28. The van der Waals surface area contributed by atoms with Gasteiger partial charge in [-0.1, -0.05) is 48.5 Å². The van der Waals surface area contributed by atoms with Crippen molar-refractivity contribution in [3.05, 3.63) is 66.2 Å². The Morgan fingerprint density at radius 3 is 1.90 bits per heavy atom. The summed E-state index contributed by atoms with van der Waals surface area (Å²) >= 11 is 0. The summed E-state index contributed by atoms with van der Waals surface area (Å²) in [5, 5.41) is 2.64. The molecular formula is C22H29NO6. The number of carbonyl (C=O) groups excluding carboxylic acids is 1. The molecule has 0 heterocycles. The first-order chi connectivity index (χ1) is 14.3. The molecule has 0 fully saturated rings. The lowest BCUT2D eigenvalue weighted by Crippen LogP contribution is -2.28. The minimum atomic E-state index is -0.456. The number of rotatable bonds is 15. The predicted molar refractivity (Wildman–Crippen MR) is 109 cm³/mol. The van der Waals surface area contributed by atoms with Gasteiger partial charge in [0.05, 0.1) is 39.6 Å². The lowest BCUT2D eigenvalue weighted by molar-refractivity contribution is 0.00977. The quantitative estimate of drug-likeness (QED) is 0.461. The Morgan fingerprint density at radius 2 is 1.24 bits per heavy atom. The van der Waals surface area contributed by atoms with Crippen molar-refractivity contribution in [2.45, 2.75) is 6.61 Å². The van der Waals surface area contributed by atoms with Gasteiger partial charge in [-0.15, -0.1) is 0 Å². The molecule has 2 aromatic rings. The average Bonchev–Trinajstić information content (AvgIpc) is 2.77. The molecule has 0 spiro atoms. The van der Waals surface area contributed by atoms with Crippen LogP contribution < -0.4 is 10.1 Å². The molecule has 29 heavy (non-hydrogen) atoms. The summed E-state index contributed by atoms with van der Waals surface area (Å²) in [5.74, 6) is 0.837. The molecule has 0 saturated heterocycles. The number of carbonyl (C=O) groups is 1. The molecule has 7 nitrogen and oxygen atoms in total. The molecule has 1 amide bonds. The van der Waals surface area contributed by atoms with Gasteiger partial charge in [0.1, 0.15) is 19.0 Å². The molecule has 0 aliphatic heterocycles. The highest BCUT2D eigenvalue weighted by molar-refractivity contribution is 5.67. The summed E-state index contributed by atoms with van der Waals surface area (Å²) in [4.78, 5) is 11.5. The molecule has 0 aliphatic rings. The molecule has 0 atom stereocenters. The van der Waals surface area contributed by atoms with Crippen molar-refractivity contribution in [2.24, 2.45) is 0 Å². The first-order valence-corrected chi connectivity index (χ1v) is 9.70. The number of benzene rings is 2. The highest BCUT2D eigenvalue weighted by atomic mass is 16.6. The van der Waals surface area contributed by atoms with Crippen LogP contribution in [0.3, 0.4) is 0 Å². The van der Waals surface area contributed by atoms with Gasteiger partial charge in [-0.2, -0.15) is 0 Å². The molecule has 0 saturated carbocycles. The van der Waals surface area contributed by atoms with E-state index in [1.54, 1.807) is 0 Å². The largest absolute Gasteiger partial charge is 0.491 e. The van der Waals surface area contributed by atoms with Gasteiger partial charge in [-0.25, -0.2) is 4.79 Å². The zero-order valence-corrected chi connectivity index (χ0v) is 16.6. The molecule has 2 rings (SSSR count). The van der Waals surface area contributed by atoms with Gasteiger partial charge in [0.2, 0.25) is 0 Å². The second kappa shape index (κ2) is 15.3. The van der Waals surface area contributed by atoms with Crippen LogP contribution in [0.1, 0.15) is 5.56 Å². The van der Waals surface area contributed by atoms with Crippen LogP contribution in [0.15, 0.2) is 60.7 Å². The molecular weight excluding hydrogens is 374 g/mol. The summed E-state index contributed by atoms with van der Waals surface area (Å²) in [5.41, 5.74) is 0.948. The van der Waals surface area contributed by atoms with Gasteiger partial charge < -0.3 is 29.0 Å². The number of hydrogen-bond acceptors (Lipinski definition) is 6. The predicted octanol–water partition coefficient (Wildman–Crippen LogP) is 3.04. The minimum absolute atomic E-state index is 0.252. The van der Waals surface area contributed by atoms with Crippen LogP contribution in [-0.4, -0.2) is 58.9 Å². The normalized spacial score (nSPS) is 10.5. The second-order valence-electron chi connectivity index (χ2n) is 5.99. The van der Waals surface area contributed by atoms with Gasteiger partial charge >= 0.3 is 6.09 Å². The Hall–Kier alpha value is -2.61. The Morgan fingerprint density at radius 1 is 0.690 bits per heavy atom. The van der Waals surface area contributed by atoms with Crippen molar-refractivity contribution in [3.8, 4) is 5.75 Å². The number of amides is 1. The molecule has 158 valence electrons. The number of nitrogens with one attached hydrogen (secondary N) is 1. The molecule has 0 radical (unpaired) electrons. The highest BCUT2D eigenvalue weighted by Crippen LogP contribution is 2.07. The molecule has 2 aromatic carbocycles. The zero-order valence-electron chi connectivity index (χ0n) is 16.6. The van der Waals surface area contributed by atoms with Crippen molar-refractivity contribution >= 4 is 6.09 Å². The van der Waals surface area contributed by atoms with Crippen LogP contribution in [0.5, 0.6) is 5.75 Å². The highest BCUT2D eigenvalue weighted by Gasteiger charge is 2.01. The third kappa shape index (κ3) is 11.7. The van der Waals surface area contributed by atoms with Crippen LogP contribution in [0, 0.1) is 0 Å². The van der Waals surface area contributed by atoms with E-state index in [1.807, 2.05) is 60.7 Å². The number of alkyl carbamates (subject to hydrolysis) is 1. The molecule has 0 bridgehead atoms. The minimum Gasteiger partial charge on any atom is -0.491 e. The van der Waals surface area contributed by atoms with Crippen LogP contribution in [0.4, 0.5) is 4.79 Å². The van der Waals surface area contributed by atoms with E-state index in [9.17, 15) is 4.79 Å². The summed E-state index contributed by atoms with van der Waals surface area (Å²) in [7, 11) is 0. The van der Waals surface area contributed by atoms with Crippen molar-refractivity contribution in [1.82, 2.24) is 5.32 Å². The Bertz CT molecular complexity index is 653. The lowest BCUT2D eigenvalue weighted by atomic mass is 10.2. The van der Waals surface area contributed by atoms with E-state index in [0.29, 0.717) is 52.8 Å². The number of hydrogen-bond donors (Lipinski definition) is 1. The fourth-order valence-corrected chi connectivity index (χ4v) is 2.28. The van der Waals surface area contributed by atoms with Crippen LogP contribution in [0.2, 0.25) is 0 Å². The molecule has 0 aromatic heterocycles. The van der Waals surface area contributed by atoms with E-state index in [4.69, 9.17) is 23.7 Å². The van der Waals surface area contributed by atoms with Crippen molar-refractivity contribution in [1.29, 1.82) is 0 Å². The second-order valence-corrected chi connectivity index (χ2v) is 5.99. The topological polar surface area (TPSA) is 75.3 Å². The van der Waals surface area contributed by atoms with Crippen molar-refractivity contribution < 1.29 is 28.5 Å². The number of ether oxygens (including phenoxy) is 5. The maximum absolute atomic E-state index is 11.5. The van der Waals surface area contributed by atoms with Gasteiger partial charge in [0.15, 0.2) is 0 Å². The van der Waals surface area contributed by atoms with E-state index in [0.717, 1.165) is 11.3 Å². The van der Waals surface area contributed by atoms with E-state index in [-0.39, 0.29) is 6.61 Å². The van der Waals surface area contributed by atoms with E-state index in [1.165, 1.54) is 0 Å². The van der Waals surface area contributed by atoms with Gasteiger partial charge in [-0.3, -0.25) is 0 Å². The van der Waals surface area contributed by atoms with E-state index < -0.39 is 6.09 Å². The molecule has 0 aliphatic carbocycles. The first-order valence-electron chi connectivity index (χ1n) is 9.70. The maximum Gasteiger partial charge on any atom is 0.407 e. The maximum atomic E-state index is 11.5. The van der Waals surface area contributed by atoms with Crippen LogP contribution in [-0.2, 0) is 25.6 Å². The fraction of sp³-hybridized carbons (Fsp3) is 0.409. The van der Waals surface area contributed by atoms with Crippen LogP contribution in [0.25, 0.3) is 0 Å². The first kappa shape index (κ1) is 22.7. The average molecular weight is 403 g/mol. The summed E-state index contributed by atoms with van der Waals surface area (Å²) in [6, 6.07) is 19.2. The Kier molecular flexibility index (Phi) is 12.0. The smallest absolute Gasteiger partial charge is 0.407 e. The lowest BCUT2D eigenvalue weighted by Gasteiger charge is -2.09. The Balaban J connectivity index is 1.30. The van der Waals surface area contributed by atoms with Crippen molar-refractivity contribution in [3.63, 3.8) is 0 Å². The molecule has 7 heteroatoms. The SMILES string of the molecule is O=C(NCCOCCOCCOCCOc1ccccc1)OCc1ccccc1. The number of para-hydroxylation sites is 1. The van der Waals surface area contributed by atoms with Gasteiger partial charge in [0.25, 0.3) is 0 Å². The van der Waals surface area contributed by atoms with Gasteiger partial charge in [-0.05, 0) is 17.7 Å². The summed E-state index contributed by atoms with van der Waals surface area (Å²) in [6.45, 7) is 4.00. The van der Waals surface area contributed by atoms with Gasteiger partial charge in [0, 0.05) is 6.54 Å². The monoisotopic (exact) mass is 403 g/mol. The van der Waals surface area contributed by atoms with Crippen LogP contribution >= 0.6 is 0 Å². The molecule has 0 unspecified atom stereocenters. The van der Waals surface area contributed by atoms with E-state index >= 15 is 0 Å². The third-order valence-corrected chi connectivity index (χ3v) is 3.71. The van der Waals surface area contributed by atoms with Crippen molar-refractivity contribution in [2.75, 3.05) is 52.8 Å². The summed E-state index contributed by atoms with van der Waals surface area (Å²) in [6.07, 6.45) is -0.456. The molecule has 1 N–H and O–H groups in total. The third-order valence-electron chi connectivity index (χ3n) is 3.71. The van der Waals surface area contributed by atoms with E-state index in [2.05, 4.69) is 5.32 Å². The zero-order chi connectivity index (χ0) is 20.4. The summed E-state index contributed by atoms with van der Waals surface area (Å²) < 4.78 is 26.8. The Labute approximate surface area is 171 Å². The standard InChI is InChI=1S/C22H29NO6/c24-22(29-19-20-7-3-1-4-8-20)23-11-12-25-13-14-26-15-16-27-17-18-28-21-9-5-2-6-10-21/h1-10H,11-19H2,(H,23,24).